The monoisotopic (exact) mass is 337 g/mol. The molecule has 3 aromatic rings. The topological polar surface area (TPSA) is 65.8 Å². The summed E-state index contributed by atoms with van der Waals surface area (Å²) >= 11 is 2.92. The summed E-state index contributed by atoms with van der Waals surface area (Å²) in [5.41, 5.74) is 1.85. The molecule has 0 aliphatic heterocycles. The normalized spacial score (nSPS) is 11.0. The first kappa shape index (κ1) is 15.2. The standard InChI is InChI=1S/C17H11N3OS2/c18-11-12-3-5-13(6-4-12)15(10-14-2-1-8-22-14)16(21)20-17-19-7-9-23-17/h1-10H,(H,19,20,21)/b15-10+. The van der Waals surface area contributed by atoms with Crippen LogP contribution in [0.25, 0.3) is 11.6 Å². The lowest BCUT2D eigenvalue weighted by molar-refractivity contribution is -0.111. The van der Waals surface area contributed by atoms with Crippen LogP contribution >= 0.6 is 22.7 Å². The number of rotatable bonds is 4. The van der Waals surface area contributed by atoms with Gasteiger partial charge in [-0.1, -0.05) is 18.2 Å². The predicted molar refractivity (Wildman–Crippen MR) is 94.1 cm³/mol. The van der Waals surface area contributed by atoms with E-state index < -0.39 is 0 Å². The summed E-state index contributed by atoms with van der Waals surface area (Å²) in [5, 5.41) is 16.0. The Balaban J connectivity index is 1.96. The summed E-state index contributed by atoms with van der Waals surface area (Å²) in [6.07, 6.45) is 3.49. The fourth-order valence-electron chi connectivity index (χ4n) is 1.97. The second kappa shape index (κ2) is 7.01. The van der Waals surface area contributed by atoms with Gasteiger partial charge < -0.3 is 0 Å². The van der Waals surface area contributed by atoms with E-state index in [1.807, 2.05) is 23.6 Å². The summed E-state index contributed by atoms with van der Waals surface area (Å²) in [7, 11) is 0. The molecule has 0 saturated heterocycles. The van der Waals surface area contributed by atoms with E-state index in [9.17, 15) is 4.79 Å². The maximum atomic E-state index is 12.6. The molecule has 6 heteroatoms. The van der Waals surface area contributed by atoms with Gasteiger partial charge in [0, 0.05) is 22.0 Å². The van der Waals surface area contributed by atoms with Gasteiger partial charge in [0.05, 0.1) is 11.6 Å². The lowest BCUT2D eigenvalue weighted by atomic mass is 10.0. The second-order valence-electron chi connectivity index (χ2n) is 4.55. The van der Waals surface area contributed by atoms with Crippen molar-refractivity contribution in [2.45, 2.75) is 0 Å². The average Bonchev–Trinajstić information content (AvgIpc) is 3.26. The van der Waals surface area contributed by atoms with Gasteiger partial charge in [0.25, 0.3) is 5.91 Å². The molecule has 2 aromatic heterocycles. The van der Waals surface area contributed by atoms with Crippen LogP contribution in [0, 0.1) is 11.3 Å². The summed E-state index contributed by atoms with van der Waals surface area (Å²) in [4.78, 5) is 17.7. The highest BCUT2D eigenvalue weighted by Crippen LogP contribution is 2.23. The Morgan fingerprint density at radius 2 is 2.00 bits per heavy atom. The third kappa shape index (κ3) is 3.72. The molecular formula is C17H11N3OS2. The zero-order chi connectivity index (χ0) is 16.1. The number of hydrogen-bond donors (Lipinski definition) is 1. The van der Waals surface area contributed by atoms with E-state index in [4.69, 9.17) is 5.26 Å². The van der Waals surface area contributed by atoms with Crippen molar-refractivity contribution in [2.24, 2.45) is 0 Å². The number of amides is 1. The molecule has 1 N–H and O–H groups in total. The molecule has 1 amide bonds. The molecule has 0 aliphatic carbocycles. The van der Waals surface area contributed by atoms with Crippen LogP contribution in [0.3, 0.4) is 0 Å². The van der Waals surface area contributed by atoms with Crippen molar-refractivity contribution in [2.75, 3.05) is 5.32 Å². The molecule has 4 nitrogen and oxygen atoms in total. The van der Waals surface area contributed by atoms with E-state index in [0.29, 0.717) is 16.3 Å². The molecule has 0 atom stereocenters. The van der Waals surface area contributed by atoms with Crippen molar-refractivity contribution in [3.63, 3.8) is 0 Å². The number of anilines is 1. The summed E-state index contributed by atoms with van der Waals surface area (Å²) < 4.78 is 0. The zero-order valence-corrected chi connectivity index (χ0v) is 13.5. The van der Waals surface area contributed by atoms with Crippen LogP contribution < -0.4 is 5.32 Å². The number of aromatic nitrogens is 1. The smallest absolute Gasteiger partial charge is 0.258 e. The highest BCUT2D eigenvalue weighted by Gasteiger charge is 2.14. The van der Waals surface area contributed by atoms with Crippen LogP contribution in [0.15, 0.2) is 53.4 Å². The maximum Gasteiger partial charge on any atom is 0.258 e. The fourth-order valence-corrected chi connectivity index (χ4v) is 3.15. The number of carbonyl (C=O) groups is 1. The van der Waals surface area contributed by atoms with Crippen molar-refractivity contribution in [3.8, 4) is 6.07 Å². The number of hydrogen-bond acceptors (Lipinski definition) is 5. The number of nitriles is 1. The van der Waals surface area contributed by atoms with Crippen molar-refractivity contribution < 1.29 is 4.79 Å². The molecular weight excluding hydrogens is 326 g/mol. The predicted octanol–water partition coefficient (Wildman–Crippen LogP) is 4.26. The quantitative estimate of drug-likeness (QED) is 0.724. The van der Waals surface area contributed by atoms with Gasteiger partial charge >= 0.3 is 0 Å². The number of benzene rings is 1. The summed E-state index contributed by atoms with van der Waals surface area (Å²) in [6.45, 7) is 0. The maximum absolute atomic E-state index is 12.6. The number of thiazole rings is 1. The van der Waals surface area contributed by atoms with Gasteiger partial charge in [-0.25, -0.2) is 4.98 Å². The highest BCUT2D eigenvalue weighted by atomic mass is 32.1. The fraction of sp³-hybridized carbons (Fsp3) is 0. The van der Waals surface area contributed by atoms with Crippen molar-refractivity contribution in [1.29, 1.82) is 5.26 Å². The zero-order valence-electron chi connectivity index (χ0n) is 11.9. The van der Waals surface area contributed by atoms with Crippen LogP contribution in [0.4, 0.5) is 5.13 Å². The van der Waals surface area contributed by atoms with Gasteiger partial charge in [-0.15, -0.1) is 22.7 Å². The number of nitrogens with zero attached hydrogens (tertiary/aromatic N) is 2. The van der Waals surface area contributed by atoms with Gasteiger partial charge in [0.2, 0.25) is 0 Å². The Morgan fingerprint density at radius 3 is 2.61 bits per heavy atom. The minimum Gasteiger partial charge on any atom is -0.298 e. The Labute approximate surface area is 141 Å². The van der Waals surface area contributed by atoms with Crippen LogP contribution in [0.1, 0.15) is 16.0 Å². The van der Waals surface area contributed by atoms with Gasteiger partial charge in [0.1, 0.15) is 0 Å². The van der Waals surface area contributed by atoms with E-state index in [2.05, 4.69) is 16.4 Å². The molecule has 0 bridgehead atoms. The van der Waals surface area contributed by atoms with Gasteiger partial charge in [0.15, 0.2) is 5.13 Å². The molecule has 0 radical (unpaired) electrons. The Morgan fingerprint density at radius 1 is 1.17 bits per heavy atom. The molecule has 1 aromatic carbocycles. The van der Waals surface area contributed by atoms with Gasteiger partial charge in [-0.05, 0) is 35.2 Å². The Kier molecular flexibility index (Phi) is 4.62. The molecule has 0 unspecified atom stereocenters. The minimum atomic E-state index is -0.224. The number of carbonyl (C=O) groups excluding carboxylic acids is 1. The van der Waals surface area contributed by atoms with Crippen LogP contribution in [0.5, 0.6) is 0 Å². The van der Waals surface area contributed by atoms with Gasteiger partial charge in [-0.3, -0.25) is 10.1 Å². The van der Waals surface area contributed by atoms with E-state index in [-0.39, 0.29) is 5.91 Å². The van der Waals surface area contributed by atoms with E-state index in [0.717, 1.165) is 10.4 Å². The van der Waals surface area contributed by atoms with Crippen LogP contribution in [-0.4, -0.2) is 10.9 Å². The lowest BCUT2D eigenvalue weighted by Crippen LogP contribution is -2.13. The van der Waals surface area contributed by atoms with E-state index in [1.54, 1.807) is 47.2 Å². The minimum absolute atomic E-state index is 0.224. The SMILES string of the molecule is N#Cc1ccc(/C(=C\c2cccs2)C(=O)Nc2nccs2)cc1. The number of thiophene rings is 1. The van der Waals surface area contributed by atoms with E-state index in [1.165, 1.54) is 11.3 Å². The molecule has 2 heterocycles. The molecule has 0 spiro atoms. The Hall–Kier alpha value is -2.75. The molecule has 0 saturated carbocycles. The molecule has 0 fully saturated rings. The molecule has 3 rings (SSSR count). The first-order valence-corrected chi connectivity index (χ1v) is 8.49. The lowest BCUT2D eigenvalue weighted by Gasteiger charge is -2.07. The van der Waals surface area contributed by atoms with Crippen LogP contribution in [0.2, 0.25) is 0 Å². The third-order valence-electron chi connectivity index (χ3n) is 3.05. The van der Waals surface area contributed by atoms with Crippen molar-refractivity contribution in [1.82, 2.24) is 4.98 Å². The first-order chi connectivity index (χ1) is 11.3. The Bertz CT molecular complexity index is 858. The molecule has 0 aliphatic rings. The summed E-state index contributed by atoms with van der Waals surface area (Å²) in [6, 6.07) is 12.9. The van der Waals surface area contributed by atoms with Crippen molar-refractivity contribution >= 4 is 45.4 Å². The second-order valence-corrected chi connectivity index (χ2v) is 6.43. The molecule has 112 valence electrons. The van der Waals surface area contributed by atoms with Crippen LogP contribution in [-0.2, 0) is 4.79 Å². The summed E-state index contributed by atoms with van der Waals surface area (Å²) in [5.74, 6) is -0.224. The largest absolute Gasteiger partial charge is 0.298 e. The number of nitrogens with one attached hydrogen (secondary N) is 1. The average molecular weight is 337 g/mol. The first-order valence-electron chi connectivity index (χ1n) is 6.73. The van der Waals surface area contributed by atoms with Crippen molar-refractivity contribution in [3.05, 3.63) is 69.4 Å². The van der Waals surface area contributed by atoms with E-state index >= 15 is 0 Å². The van der Waals surface area contributed by atoms with Gasteiger partial charge in [-0.2, -0.15) is 5.26 Å². The molecule has 23 heavy (non-hydrogen) atoms. The highest BCUT2D eigenvalue weighted by molar-refractivity contribution is 7.13. The third-order valence-corrected chi connectivity index (χ3v) is 4.56.